The molecule has 0 saturated carbocycles. The van der Waals surface area contributed by atoms with Gasteiger partial charge in [0.1, 0.15) is 11.3 Å². The van der Waals surface area contributed by atoms with Crippen LogP contribution in [0.3, 0.4) is 0 Å². The van der Waals surface area contributed by atoms with Crippen molar-refractivity contribution in [3.63, 3.8) is 0 Å². The summed E-state index contributed by atoms with van der Waals surface area (Å²) in [6, 6.07) is 15.9. The smallest absolute Gasteiger partial charge is 0.258 e. The molecule has 0 aliphatic carbocycles. The number of aryl methyl sites for hydroxylation is 1. The van der Waals surface area contributed by atoms with E-state index in [0.29, 0.717) is 17.9 Å². The number of hydrogen-bond acceptors (Lipinski definition) is 6. The van der Waals surface area contributed by atoms with Crippen LogP contribution in [0.15, 0.2) is 48.5 Å². The van der Waals surface area contributed by atoms with Gasteiger partial charge in [-0.1, -0.05) is 42.5 Å². The second kappa shape index (κ2) is 9.87. The lowest BCUT2D eigenvalue weighted by Gasteiger charge is -2.19. The number of nitrogens with one attached hydrogen (secondary N) is 2. The summed E-state index contributed by atoms with van der Waals surface area (Å²) >= 11 is 0. The summed E-state index contributed by atoms with van der Waals surface area (Å²) in [6.45, 7) is 2.53. The number of carbonyl (C=O) groups is 3. The Morgan fingerprint density at radius 2 is 1.97 bits per heavy atom. The molecule has 182 valence electrons. The molecule has 0 radical (unpaired) electrons. The summed E-state index contributed by atoms with van der Waals surface area (Å²) in [5, 5.41) is 10.8. The zero-order chi connectivity index (χ0) is 24.4. The van der Waals surface area contributed by atoms with Gasteiger partial charge in [-0.3, -0.25) is 29.3 Å². The quantitative estimate of drug-likeness (QED) is 0.506. The van der Waals surface area contributed by atoms with Gasteiger partial charge in [-0.2, -0.15) is 5.10 Å². The van der Waals surface area contributed by atoms with Gasteiger partial charge in [0.2, 0.25) is 11.8 Å². The highest BCUT2D eigenvalue weighted by atomic mass is 16.5. The molecule has 9 nitrogen and oxygen atoms in total. The first-order valence-electron chi connectivity index (χ1n) is 12.0. The Kier molecular flexibility index (Phi) is 6.50. The molecule has 0 bridgehead atoms. The number of rotatable bonds is 7. The van der Waals surface area contributed by atoms with Gasteiger partial charge in [0, 0.05) is 44.5 Å². The number of imide groups is 1. The summed E-state index contributed by atoms with van der Waals surface area (Å²) in [5.41, 5.74) is 2.60. The van der Waals surface area contributed by atoms with E-state index in [1.165, 1.54) is 5.56 Å². The molecule has 2 aliphatic heterocycles. The minimum Gasteiger partial charge on any atom is -0.482 e. The van der Waals surface area contributed by atoms with Crippen molar-refractivity contribution in [2.45, 2.75) is 37.8 Å². The third kappa shape index (κ3) is 5.05. The lowest BCUT2D eigenvalue weighted by atomic mass is 9.93. The maximum atomic E-state index is 12.6. The predicted molar refractivity (Wildman–Crippen MR) is 130 cm³/mol. The highest BCUT2D eigenvalue weighted by Gasteiger charge is 2.32. The third-order valence-corrected chi connectivity index (χ3v) is 6.67. The zero-order valence-corrected chi connectivity index (χ0v) is 19.7. The van der Waals surface area contributed by atoms with Gasteiger partial charge in [-0.15, -0.1) is 0 Å². The summed E-state index contributed by atoms with van der Waals surface area (Å²) in [6.07, 6.45) is 1.62. The molecule has 1 aromatic heterocycles. The number of hydrogen-bond donors (Lipinski definition) is 2. The average Bonchev–Trinajstić information content (AvgIpc) is 3.42. The number of benzene rings is 2. The molecule has 35 heavy (non-hydrogen) atoms. The molecule has 2 N–H and O–H groups in total. The Morgan fingerprint density at radius 3 is 2.77 bits per heavy atom. The van der Waals surface area contributed by atoms with Crippen LogP contribution in [0.1, 0.15) is 36.4 Å². The first kappa shape index (κ1) is 23.0. The van der Waals surface area contributed by atoms with E-state index < -0.39 is 5.92 Å². The summed E-state index contributed by atoms with van der Waals surface area (Å²) in [4.78, 5) is 38.9. The summed E-state index contributed by atoms with van der Waals surface area (Å²) < 4.78 is 7.56. The molecule has 5 rings (SSSR count). The average molecular weight is 476 g/mol. The fraction of sp³-hybridized carbons (Fsp3) is 0.385. The van der Waals surface area contributed by atoms with Crippen molar-refractivity contribution in [1.29, 1.82) is 0 Å². The third-order valence-electron chi connectivity index (χ3n) is 6.67. The number of para-hydroxylation sites is 1. The highest BCUT2D eigenvalue weighted by molar-refractivity contribution is 6.03. The maximum Gasteiger partial charge on any atom is 0.258 e. The van der Waals surface area contributed by atoms with E-state index in [0.717, 1.165) is 37.0 Å². The first-order chi connectivity index (χ1) is 17.0. The molecule has 9 heteroatoms. The lowest BCUT2D eigenvalue weighted by molar-refractivity contribution is -0.134. The van der Waals surface area contributed by atoms with Crippen LogP contribution >= 0.6 is 0 Å². The number of aromatic nitrogens is 2. The van der Waals surface area contributed by atoms with E-state index in [9.17, 15) is 14.4 Å². The van der Waals surface area contributed by atoms with Crippen molar-refractivity contribution in [1.82, 2.24) is 25.3 Å². The minimum absolute atomic E-state index is 0.0986. The Bertz CT molecular complexity index is 1260. The standard InChI is InChI=1S/C26H29N5O4/c1-30-25-19(24(29-30)20-10-11-22(32)28-26(20)34)8-5-9-21(25)35-16-23(33)27-18-12-13-31(15-18)14-17-6-3-2-4-7-17/h2-9,18,20H,10-16H2,1H3,(H,27,33)(H,28,32,34). The number of fused-ring (bicyclic) bond motifs is 1. The van der Waals surface area contributed by atoms with Gasteiger partial charge in [0.15, 0.2) is 6.61 Å². The monoisotopic (exact) mass is 475 g/mol. The molecule has 2 unspecified atom stereocenters. The van der Waals surface area contributed by atoms with Crippen molar-refractivity contribution < 1.29 is 19.1 Å². The highest BCUT2D eigenvalue weighted by Crippen LogP contribution is 2.34. The van der Waals surface area contributed by atoms with Crippen molar-refractivity contribution in [2.24, 2.45) is 7.05 Å². The van der Waals surface area contributed by atoms with Crippen LogP contribution in [0.25, 0.3) is 10.9 Å². The van der Waals surface area contributed by atoms with Crippen molar-refractivity contribution >= 4 is 28.6 Å². The van der Waals surface area contributed by atoms with E-state index >= 15 is 0 Å². The van der Waals surface area contributed by atoms with Crippen LogP contribution in [0.4, 0.5) is 0 Å². The van der Waals surface area contributed by atoms with Gasteiger partial charge in [0.25, 0.3) is 5.91 Å². The summed E-state index contributed by atoms with van der Waals surface area (Å²) in [5.74, 6) is -0.711. The Morgan fingerprint density at radius 1 is 1.14 bits per heavy atom. The molecule has 2 aromatic carbocycles. The van der Waals surface area contributed by atoms with Crippen LogP contribution in [-0.2, 0) is 28.0 Å². The fourth-order valence-corrected chi connectivity index (χ4v) is 5.00. The molecule has 3 aromatic rings. The van der Waals surface area contributed by atoms with Gasteiger partial charge >= 0.3 is 0 Å². The number of amides is 3. The topological polar surface area (TPSA) is 106 Å². The molecule has 2 fully saturated rings. The van der Waals surface area contributed by atoms with Crippen molar-refractivity contribution in [3.05, 3.63) is 59.8 Å². The molecule has 3 heterocycles. The molecule has 2 aliphatic rings. The number of nitrogens with zero attached hydrogens (tertiary/aromatic N) is 3. The van der Waals surface area contributed by atoms with Crippen molar-refractivity contribution in [3.8, 4) is 5.75 Å². The van der Waals surface area contributed by atoms with Gasteiger partial charge < -0.3 is 10.1 Å². The van der Waals surface area contributed by atoms with E-state index in [4.69, 9.17) is 4.74 Å². The fourth-order valence-electron chi connectivity index (χ4n) is 5.00. The maximum absolute atomic E-state index is 12.6. The Balaban J connectivity index is 1.20. The number of carbonyl (C=O) groups excluding carboxylic acids is 3. The van der Waals surface area contributed by atoms with E-state index in [1.54, 1.807) is 17.8 Å². The van der Waals surface area contributed by atoms with E-state index in [1.807, 2.05) is 30.3 Å². The van der Waals surface area contributed by atoms with E-state index in [-0.39, 0.29) is 36.8 Å². The van der Waals surface area contributed by atoms with Crippen LogP contribution < -0.4 is 15.4 Å². The Hall–Kier alpha value is -3.72. The molecular weight excluding hydrogens is 446 g/mol. The Labute approximate surface area is 203 Å². The first-order valence-corrected chi connectivity index (χ1v) is 12.0. The largest absolute Gasteiger partial charge is 0.482 e. The number of likely N-dealkylation sites (tertiary alicyclic amines) is 1. The number of ether oxygens (including phenoxy) is 1. The van der Waals surface area contributed by atoms with Crippen LogP contribution in [-0.4, -0.2) is 58.1 Å². The molecule has 2 saturated heterocycles. The minimum atomic E-state index is -0.490. The summed E-state index contributed by atoms with van der Waals surface area (Å²) in [7, 11) is 1.78. The van der Waals surface area contributed by atoms with Gasteiger partial charge in [0.05, 0.1) is 11.6 Å². The predicted octanol–water partition coefficient (Wildman–Crippen LogP) is 1.86. The lowest BCUT2D eigenvalue weighted by Crippen LogP contribution is -2.39. The number of piperidine rings is 1. The van der Waals surface area contributed by atoms with Crippen LogP contribution in [0.5, 0.6) is 5.75 Å². The zero-order valence-electron chi connectivity index (χ0n) is 19.7. The molecule has 3 amide bonds. The second-order valence-electron chi connectivity index (χ2n) is 9.23. The molecular formula is C26H29N5O4. The van der Waals surface area contributed by atoms with Crippen LogP contribution in [0.2, 0.25) is 0 Å². The second-order valence-corrected chi connectivity index (χ2v) is 9.23. The van der Waals surface area contributed by atoms with Crippen molar-refractivity contribution in [2.75, 3.05) is 19.7 Å². The SMILES string of the molecule is Cn1nc(C2CCC(=O)NC2=O)c2cccc(OCC(=O)NC3CCN(Cc4ccccc4)C3)c21. The van der Waals surface area contributed by atoms with E-state index in [2.05, 4.69) is 32.8 Å². The van der Waals surface area contributed by atoms with Gasteiger partial charge in [-0.25, -0.2) is 0 Å². The molecule has 2 atom stereocenters. The van der Waals surface area contributed by atoms with Crippen LogP contribution in [0, 0.1) is 0 Å². The normalized spacial score (nSPS) is 20.7. The van der Waals surface area contributed by atoms with Gasteiger partial charge in [-0.05, 0) is 24.5 Å². The molecule has 0 spiro atoms.